The van der Waals surface area contributed by atoms with Crippen LogP contribution < -0.4 is 10.1 Å². The predicted octanol–water partition coefficient (Wildman–Crippen LogP) is 4.16. The number of hydrogen-bond acceptors (Lipinski definition) is 2. The van der Waals surface area contributed by atoms with Crippen molar-refractivity contribution in [2.75, 3.05) is 19.7 Å². The normalized spacial score (nSPS) is 18.3. The minimum absolute atomic E-state index is 0.632. The maximum Gasteiger partial charge on any atom is 0.119 e. The molecule has 0 spiro atoms. The Labute approximate surface area is 125 Å². The molecule has 0 bridgehead atoms. The third-order valence-electron chi connectivity index (χ3n) is 3.86. The second-order valence-corrected chi connectivity index (χ2v) is 6.61. The number of nitrogens with one attached hydrogen (secondary N) is 1. The molecule has 0 saturated carbocycles. The summed E-state index contributed by atoms with van der Waals surface area (Å²) in [5, 5.41) is 3.42. The summed E-state index contributed by atoms with van der Waals surface area (Å²) in [4.78, 5) is 0. The largest absolute Gasteiger partial charge is 0.493 e. The first-order valence-electron chi connectivity index (χ1n) is 7.25. The molecular formula is C16H24BrNO. The van der Waals surface area contributed by atoms with Crippen LogP contribution in [0.5, 0.6) is 5.75 Å². The Morgan fingerprint density at radius 1 is 1.37 bits per heavy atom. The highest BCUT2D eigenvalue weighted by molar-refractivity contribution is 9.10. The highest BCUT2D eigenvalue weighted by atomic mass is 79.9. The lowest BCUT2D eigenvalue weighted by atomic mass is 9.89. The quantitative estimate of drug-likeness (QED) is 0.877. The van der Waals surface area contributed by atoms with Crippen molar-refractivity contribution in [2.45, 2.75) is 33.1 Å². The Balaban J connectivity index is 1.75. The van der Waals surface area contributed by atoms with Crippen LogP contribution in [0.3, 0.4) is 0 Å². The van der Waals surface area contributed by atoms with Crippen LogP contribution in [0.25, 0.3) is 0 Å². The van der Waals surface area contributed by atoms with E-state index in [2.05, 4.69) is 47.2 Å². The van der Waals surface area contributed by atoms with Gasteiger partial charge in [-0.1, -0.05) is 22.9 Å². The van der Waals surface area contributed by atoms with Gasteiger partial charge >= 0.3 is 0 Å². The van der Waals surface area contributed by atoms with Crippen molar-refractivity contribution in [2.24, 2.45) is 11.8 Å². The molecule has 1 aromatic rings. The monoisotopic (exact) mass is 325 g/mol. The number of rotatable bonds is 5. The van der Waals surface area contributed by atoms with Crippen LogP contribution >= 0.6 is 15.9 Å². The standard InChI is InChI=1S/C16H24BrNO/c1-12(9-14-5-7-18-8-6-14)11-19-15-3-4-16(17)13(2)10-15/h3-4,10,12,14,18H,5-9,11H2,1-2H3. The van der Waals surface area contributed by atoms with E-state index in [-0.39, 0.29) is 0 Å². The van der Waals surface area contributed by atoms with E-state index in [9.17, 15) is 0 Å². The molecule has 2 rings (SSSR count). The molecule has 2 nitrogen and oxygen atoms in total. The lowest BCUT2D eigenvalue weighted by molar-refractivity contribution is 0.216. The Bertz CT molecular complexity index is 402. The molecule has 1 heterocycles. The van der Waals surface area contributed by atoms with Gasteiger partial charge in [-0.2, -0.15) is 0 Å². The van der Waals surface area contributed by atoms with Crippen molar-refractivity contribution in [3.63, 3.8) is 0 Å². The molecule has 0 aliphatic carbocycles. The molecule has 0 radical (unpaired) electrons. The van der Waals surface area contributed by atoms with E-state index in [1.807, 2.05) is 6.07 Å². The second kappa shape index (κ2) is 7.30. The Morgan fingerprint density at radius 3 is 2.79 bits per heavy atom. The van der Waals surface area contributed by atoms with Crippen LogP contribution in [0.2, 0.25) is 0 Å². The van der Waals surface area contributed by atoms with E-state index >= 15 is 0 Å². The van der Waals surface area contributed by atoms with Crippen molar-refractivity contribution < 1.29 is 4.74 Å². The van der Waals surface area contributed by atoms with Crippen LogP contribution in [-0.4, -0.2) is 19.7 Å². The van der Waals surface area contributed by atoms with Crippen LogP contribution in [0.15, 0.2) is 22.7 Å². The summed E-state index contributed by atoms with van der Waals surface area (Å²) >= 11 is 3.51. The number of halogens is 1. The molecule has 0 amide bonds. The minimum atomic E-state index is 0.632. The first-order valence-corrected chi connectivity index (χ1v) is 8.04. The van der Waals surface area contributed by atoms with Crippen molar-refractivity contribution in [3.8, 4) is 5.75 Å². The van der Waals surface area contributed by atoms with E-state index in [1.165, 1.54) is 37.9 Å². The fourth-order valence-corrected chi connectivity index (χ4v) is 2.95. The smallest absolute Gasteiger partial charge is 0.119 e. The van der Waals surface area contributed by atoms with Gasteiger partial charge in [0.15, 0.2) is 0 Å². The van der Waals surface area contributed by atoms with Gasteiger partial charge in [0.05, 0.1) is 6.61 Å². The molecule has 1 aromatic carbocycles. The molecular weight excluding hydrogens is 302 g/mol. The van der Waals surface area contributed by atoms with Crippen molar-refractivity contribution in [1.29, 1.82) is 0 Å². The number of piperidine rings is 1. The van der Waals surface area contributed by atoms with Gasteiger partial charge in [0.2, 0.25) is 0 Å². The van der Waals surface area contributed by atoms with E-state index in [4.69, 9.17) is 4.74 Å². The number of benzene rings is 1. The average molecular weight is 326 g/mol. The molecule has 1 aliphatic heterocycles. The van der Waals surface area contributed by atoms with E-state index in [0.717, 1.165) is 22.7 Å². The first kappa shape index (κ1) is 14.9. The molecule has 1 unspecified atom stereocenters. The molecule has 1 N–H and O–H groups in total. The fourth-order valence-electron chi connectivity index (χ4n) is 2.70. The minimum Gasteiger partial charge on any atom is -0.493 e. The van der Waals surface area contributed by atoms with Gasteiger partial charge in [-0.05, 0) is 74.9 Å². The zero-order valence-electron chi connectivity index (χ0n) is 11.9. The van der Waals surface area contributed by atoms with E-state index in [1.54, 1.807) is 0 Å². The summed E-state index contributed by atoms with van der Waals surface area (Å²) in [6, 6.07) is 6.19. The predicted molar refractivity (Wildman–Crippen MR) is 83.7 cm³/mol. The Hall–Kier alpha value is -0.540. The van der Waals surface area contributed by atoms with E-state index in [0.29, 0.717) is 5.92 Å². The number of ether oxygens (including phenoxy) is 1. The highest BCUT2D eigenvalue weighted by Crippen LogP contribution is 2.24. The van der Waals surface area contributed by atoms with Gasteiger partial charge in [0, 0.05) is 4.47 Å². The fraction of sp³-hybridized carbons (Fsp3) is 0.625. The average Bonchev–Trinajstić information content (AvgIpc) is 2.41. The Morgan fingerprint density at radius 2 is 2.11 bits per heavy atom. The summed E-state index contributed by atoms with van der Waals surface area (Å²) in [6.07, 6.45) is 3.93. The molecule has 3 heteroatoms. The van der Waals surface area contributed by atoms with Crippen molar-refractivity contribution >= 4 is 15.9 Å². The van der Waals surface area contributed by atoms with Gasteiger partial charge < -0.3 is 10.1 Å². The lowest BCUT2D eigenvalue weighted by Gasteiger charge is -2.25. The summed E-state index contributed by atoms with van der Waals surface area (Å²) in [7, 11) is 0. The topological polar surface area (TPSA) is 21.3 Å². The van der Waals surface area contributed by atoms with Crippen molar-refractivity contribution in [3.05, 3.63) is 28.2 Å². The van der Waals surface area contributed by atoms with Gasteiger partial charge in [-0.25, -0.2) is 0 Å². The molecule has 0 aromatic heterocycles. The molecule has 1 atom stereocenters. The van der Waals surface area contributed by atoms with Crippen LogP contribution in [-0.2, 0) is 0 Å². The summed E-state index contributed by atoms with van der Waals surface area (Å²) < 4.78 is 7.05. The lowest BCUT2D eigenvalue weighted by Crippen LogP contribution is -2.29. The molecule has 106 valence electrons. The maximum atomic E-state index is 5.91. The van der Waals surface area contributed by atoms with Gasteiger partial charge in [-0.15, -0.1) is 0 Å². The maximum absolute atomic E-state index is 5.91. The first-order chi connectivity index (χ1) is 9.15. The zero-order chi connectivity index (χ0) is 13.7. The number of aryl methyl sites for hydroxylation is 1. The van der Waals surface area contributed by atoms with Gasteiger partial charge in [-0.3, -0.25) is 0 Å². The summed E-state index contributed by atoms with van der Waals surface area (Å²) in [6.45, 7) is 7.59. The molecule has 1 saturated heterocycles. The molecule has 1 fully saturated rings. The molecule has 1 aliphatic rings. The van der Waals surface area contributed by atoms with Gasteiger partial charge in [0.25, 0.3) is 0 Å². The molecule has 19 heavy (non-hydrogen) atoms. The SMILES string of the molecule is Cc1cc(OCC(C)CC2CCNCC2)ccc1Br. The van der Waals surface area contributed by atoms with Crippen molar-refractivity contribution in [1.82, 2.24) is 5.32 Å². The Kier molecular flexibility index (Phi) is 5.71. The van der Waals surface area contributed by atoms with Gasteiger partial charge in [0.1, 0.15) is 5.75 Å². The van der Waals surface area contributed by atoms with Crippen LogP contribution in [0.4, 0.5) is 0 Å². The number of hydrogen-bond donors (Lipinski definition) is 1. The summed E-state index contributed by atoms with van der Waals surface area (Å²) in [5.41, 5.74) is 1.23. The van der Waals surface area contributed by atoms with Crippen LogP contribution in [0, 0.1) is 18.8 Å². The third kappa shape index (κ3) is 4.81. The summed E-state index contributed by atoms with van der Waals surface area (Å²) in [5.74, 6) is 2.50. The third-order valence-corrected chi connectivity index (χ3v) is 4.75. The van der Waals surface area contributed by atoms with E-state index < -0.39 is 0 Å². The second-order valence-electron chi connectivity index (χ2n) is 5.76. The zero-order valence-corrected chi connectivity index (χ0v) is 13.5. The van der Waals surface area contributed by atoms with Crippen LogP contribution in [0.1, 0.15) is 31.7 Å². The highest BCUT2D eigenvalue weighted by Gasteiger charge is 2.16.